The van der Waals surface area contributed by atoms with Crippen LogP contribution in [-0.2, 0) is 6.54 Å². The van der Waals surface area contributed by atoms with Crippen LogP contribution in [0.3, 0.4) is 0 Å². The number of oxazole rings is 1. The number of pyridine rings is 1. The number of nitrogens with zero attached hydrogens (tertiary/aromatic N) is 3. The Morgan fingerprint density at radius 3 is 2.74 bits per heavy atom. The van der Waals surface area contributed by atoms with Gasteiger partial charge in [-0.3, -0.25) is 4.98 Å². The largest absolute Gasteiger partial charge is 0.423 e. The molecule has 0 unspecified atom stereocenters. The fourth-order valence-corrected chi connectivity index (χ4v) is 1.95. The molecule has 0 spiro atoms. The molecule has 0 amide bonds. The molecule has 2 heterocycles. The number of fused-ring (bicyclic) bond motifs is 1. The number of nitrogens with two attached hydrogens (primary N) is 1. The minimum absolute atomic E-state index is 0.560. The van der Waals surface area contributed by atoms with E-state index in [1.807, 2.05) is 42.3 Å². The van der Waals surface area contributed by atoms with E-state index >= 15 is 0 Å². The van der Waals surface area contributed by atoms with Crippen molar-refractivity contribution in [1.29, 1.82) is 0 Å². The van der Waals surface area contributed by atoms with Gasteiger partial charge in [-0.15, -0.1) is 0 Å². The summed E-state index contributed by atoms with van der Waals surface area (Å²) in [6.45, 7) is 0.704. The van der Waals surface area contributed by atoms with Gasteiger partial charge < -0.3 is 15.1 Å². The molecule has 5 heteroatoms. The van der Waals surface area contributed by atoms with Crippen LogP contribution in [0.5, 0.6) is 0 Å². The highest BCUT2D eigenvalue weighted by molar-refractivity contribution is 5.86. The molecule has 19 heavy (non-hydrogen) atoms. The first-order valence-electron chi connectivity index (χ1n) is 5.99. The number of hydrogen-bond donors (Lipinski definition) is 1. The first kappa shape index (κ1) is 11.5. The van der Waals surface area contributed by atoms with Crippen molar-refractivity contribution in [2.75, 3.05) is 17.7 Å². The van der Waals surface area contributed by atoms with Gasteiger partial charge in [-0.25, -0.2) is 0 Å². The Labute approximate surface area is 110 Å². The van der Waals surface area contributed by atoms with Gasteiger partial charge in [0.05, 0.1) is 5.69 Å². The number of benzene rings is 1. The standard InChI is InChI=1S/C14H14N4O/c1-18(9-10-5-7-16-8-6-10)14-17-13-11(15)3-2-4-12(13)19-14/h2-8H,9,15H2,1H3. The van der Waals surface area contributed by atoms with Gasteiger partial charge in [0.2, 0.25) is 0 Å². The highest BCUT2D eigenvalue weighted by Gasteiger charge is 2.12. The summed E-state index contributed by atoms with van der Waals surface area (Å²) in [7, 11) is 1.93. The van der Waals surface area contributed by atoms with Gasteiger partial charge >= 0.3 is 0 Å². The molecule has 0 fully saturated rings. The van der Waals surface area contributed by atoms with Crippen LogP contribution in [0.15, 0.2) is 47.1 Å². The van der Waals surface area contributed by atoms with Crippen molar-refractivity contribution in [2.24, 2.45) is 0 Å². The number of rotatable bonds is 3. The molecule has 3 rings (SSSR count). The van der Waals surface area contributed by atoms with Crippen LogP contribution in [0.2, 0.25) is 0 Å². The van der Waals surface area contributed by atoms with Crippen molar-refractivity contribution in [1.82, 2.24) is 9.97 Å². The quantitative estimate of drug-likeness (QED) is 0.727. The molecule has 5 nitrogen and oxygen atoms in total. The van der Waals surface area contributed by atoms with Crippen LogP contribution >= 0.6 is 0 Å². The zero-order valence-electron chi connectivity index (χ0n) is 10.6. The normalized spacial score (nSPS) is 10.8. The second kappa shape index (κ2) is 4.61. The molecule has 2 N–H and O–H groups in total. The maximum Gasteiger partial charge on any atom is 0.298 e. The third-order valence-electron chi connectivity index (χ3n) is 2.93. The predicted octanol–water partition coefficient (Wildman–Crippen LogP) is 2.44. The molecule has 0 aliphatic carbocycles. The van der Waals surface area contributed by atoms with E-state index < -0.39 is 0 Å². The second-order valence-electron chi connectivity index (χ2n) is 4.40. The van der Waals surface area contributed by atoms with Crippen molar-refractivity contribution < 1.29 is 4.42 Å². The van der Waals surface area contributed by atoms with Crippen LogP contribution in [0, 0.1) is 0 Å². The van der Waals surface area contributed by atoms with E-state index in [9.17, 15) is 0 Å². The number of para-hydroxylation sites is 1. The van der Waals surface area contributed by atoms with Crippen molar-refractivity contribution in [2.45, 2.75) is 6.54 Å². The maximum atomic E-state index is 5.87. The summed E-state index contributed by atoms with van der Waals surface area (Å²) in [6, 6.07) is 10.0. The summed E-state index contributed by atoms with van der Waals surface area (Å²) in [5.41, 5.74) is 9.06. The van der Waals surface area contributed by atoms with Crippen molar-refractivity contribution in [3.63, 3.8) is 0 Å². The van der Waals surface area contributed by atoms with Gasteiger partial charge in [-0.05, 0) is 29.8 Å². The first-order chi connectivity index (χ1) is 9.24. The first-order valence-corrected chi connectivity index (χ1v) is 5.99. The monoisotopic (exact) mass is 254 g/mol. The molecule has 0 aliphatic rings. The number of anilines is 2. The van der Waals surface area contributed by atoms with Crippen LogP contribution in [0.4, 0.5) is 11.7 Å². The molecule has 0 saturated heterocycles. The van der Waals surface area contributed by atoms with E-state index in [0.29, 0.717) is 29.3 Å². The lowest BCUT2D eigenvalue weighted by Gasteiger charge is -2.13. The van der Waals surface area contributed by atoms with Crippen LogP contribution in [-0.4, -0.2) is 17.0 Å². The highest BCUT2D eigenvalue weighted by atomic mass is 16.4. The Balaban J connectivity index is 1.89. The minimum atomic E-state index is 0.560. The SMILES string of the molecule is CN(Cc1ccncc1)c1nc2c(N)cccc2o1. The van der Waals surface area contributed by atoms with E-state index in [-0.39, 0.29) is 0 Å². The Morgan fingerprint density at radius 2 is 2.00 bits per heavy atom. The van der Waals surface area contributed by atoms with E-state index in [2.05, 4.69) is 9.97 Å². The third-order valence-corrected chi connectivity index (χ3v) is 2.93. The van der Waals surface area contributed by atoms with Gasteiger partial charge in [-0.1, -0.05) is 6.07 Å². The zero-order chi connectivity index (χ0) is 13.2. The van der Waals surface area contributed by atoms with Gasteiger partial charge in [-0.2, -0.15) is 4.98 Å². The molecule has 0 bridgehead atoms. The van der Waals surface area contributed by atoms with E-state index in [1.54, 1.807) is 12.4 Å². The summed E-state index contributed by atoms with van der Waals surface area (Å²) in [5.74, 6) is 0. The van der Waals surface area contributed by atoms with Crippen molar-refractivity contribution in [3.8, 4) is 0 Å². The Bertz CT molecular complexity index is 693. The van der Waals surface area contributed by atoms with Gasteiger partial charge in [0, 0.05) is 26.0 Å². The fourth-order valence-electron chi connectivity index (χ4n) is 1.95. The summed E-state index contributed by atoms with van der Waals surface area (Å²) in [4.78, 5) is 10.4. The average Bonchev–Trinajstić information content (AvgIpc) is 2.85. The van der Waals surface area contributed by atoms with Gasteiger partial charge in [0.1, 0.15) is 5.52 Å². The molecule has 0 saturated carbocycles. The third kappa shape index (κ3) is 2.22. The lowest BCUT2D eigenvalue weighted by Crippen LogP contribution is -2.16. The van der Waals surface area contributed by atoms with Gasteiger partial charge in [0.25, 0.3) is 6.01 Å². The summed E-state index contributed by atoms with van der Waals surface area (Å²) in [6.07, 6.45) is 3.54. The molecule has 96 valence electrons. The molecule has 0 radical (unpaired) electrons. The average molecular weight is 254 g/mol. The van der Waals surface area contributed by atoms with E-state index in [0.717, 1.165) is 5.56 Å². The van der Waals surface area contributed by atoms with E-state index in [4.69, 9.17) is 10.2 Å². The lowest BCUT2D eigenvalue weighted by atomic mass is 10.2. The Kier molecular flexibility index (Phi) is 2.79. The predicted molar refractivity (Wildman–Crippen MR) is 74.8 cm³/mol. The Hall–Kier alpha value is -2.56. The topological polar surface area (TPSA) is 68.2 Å². The van der Waals surface area contributed by atoms with E-state index in [1.165, 1.54) is 0 Å². The highest BCUT2D eigenvalue weighted by Crippen LogP contribution is 2.25. The minimum Gasteiger partial charge on any atom is -0.423 e. The zero-order valence-corrected chi connectivity index (χ0v) is 10.6. The fraction of sp³-hybridized carbons (Fsp3) is 0.143. The Morgan fingerprint density at radius 1 is 1.21 bits per heavy atom. The van der Waals surface area contributed by atoms with Gasteiger partial charge in [0.15, 0.2) is 5.58 Å². The number of aromatic nitrogens is 2. The molecular formula is C14H14N4O. The molecule has 0 atom stereocenters. The summed E-state index contributed by atoms with van der Waals surface area (Å²) < 4.78 is 5.70. The van der Waals surface area contributed by atoms with Crippen molar-refractivity contribution in [3.05, 3.63) is 48.3 Å². The van der Waals surface area contributed by atoms with Crippen LogP contribution < -0.4 is 10.6 Å². The summed E-state index contributed by atoms with van der Waals surface area (Å²) >= 11 is 0. The lowest BCUT2D eigenvalue weighted by molar-refractivity contribution is 0.582. The summed E-state index contributed by atoms with van der Waals surface area (Å²) in [5, 5.41) is 0. The molecule has 1 aromatic carbocycles. The smallest absolute Gasteiger partial charge is 0.298 e. The van der Waals surface area contributed by atoms with Crippen LogP contribution in [0.1, 0.15) is 5.56 Å². The molecule has 2 aromatic heterocycles. The molecule has 3 aromatic rings. The molecule has 0 aliphatic heterocycles. The molecular weight excluding hydrogens is 240 g/mol. The van der Waals surface area contributed by atoms with Crippen LogP contribution in [0.25, 0.3) is 11.1 Å². The van der Waals surface area contributed by atoms with Crippen molar-refractivity contribution >= 4 is 22.8 Å². The second-order valence-corrected chi connectivity index (χ2v) is 4.40. The number of hydrogen-bond acceptors (Lipinski definition) is 5. The number of nitrogen functional groups attached to an aromatic ring is 1. The maximum absolute atomic E-state index is 5.87.